The van der Waals surface area contributed by atoms with Gasteiger partial charge in [-0.05, 0) is 25.8 Å². The van der Waals surface area contributed by atoms with E-state index in [-0.39, 0.29) is 12.4 Å². The minimum atomic E-state index is -0.320. The first kappa shape index (κ1) is 14.1. The van der Waals surface area contributed by atoms with Crippen LogP contribution in [0.3, 0.4) is 0 Å². The Balaban J connectivity index is 1.70. The number of halogens is 1. The molecule has 21 heavy (non-hydrogen) atoms. The summed E-state index contributed by atoms with van der Waals surface area (Å²) >= 11 is 0. The van der Waals surface area contributed by atoms with Crippen LogP contribution < -0.4 is 10.1 Å². The number of nitrogens with one attached hydrogen (secondary N) is 1. The lowest BCUT2D eigenvalue weighted by atomic mass is 10.2. The van der Waals surface area contributed by atoms with Crippen LogP contribution >= 0.6 is 0 Å². The van der Waals surface area contributed by atoms with Crippen molar-refractivity contribution >= 4 is 0 Å². The Kier molecular flexibility index (Phi) is 4.20. The summed E-state index contributed by atoms with van der Waals surface area (Å²) in [6, 6.07) is 5.64. The second-order valence-corrected chi connectivity index (χ2v) is 5.30. The predicted octanol–water partition coefficient (Wildman–Crippen LogP) is 2.87. The Bertz CT molecular complexity index is 607. The summed E-state index contributed by atoms with van der Waals surface area (Å²) in [5.74, 6) is 0.817. The number of nitrogens with zero attached hydrogens (tertiary/aromatic N) is 2. The average Bonchev–Trinajstić information content (AvgIpc) is 3.21. The summed E-state index contributed by atoms with van der Waals surface area (Å²) in [5.41, 5.74) is 0.858. The van der Waals surface area contributed by atoms with E-state index in [1.807, 2.05) is 23.8 Å². The molecule has 1 aliphatic carbocycles. The number of ether oxygens (including phenoxy) is 1. The van der Waals surface area contributed by atoms with Gasteiger partial charge in [-0.1, -0.05) is 12.1 Å². The van der Waals surface area contributed by atoms with Gasteiger partial charge < -0.3 is 14.6 Å². The Morgan fingerprint density at radius 1 is 1.43 bits per heavy atom. The summed E-state index contributed by atoms with van der Waals surface area (Å²) in [6.07, 6.45) is 6.05. The molecule has 0 atom stereocenters. The minimum Gasteiger partial charge on any atom is -0.482 e. The number of aryl methyl sites for hydroxylation is 1. The van der Waals surface area contributed by atoms with Gasteiger partial charge in [0.05, 0.1) is 0 Å². The van der Waals surface area contributed by atoms with Gasteiger partial charge in [-0.25, -0.2) is 9.37 Å². The zero-order valence-electron chi connectivity index (χ0n) is 12.2. The molecule has 0 saturated heterocycles. The maximum absolute atomic E-state index is 14.0. The number of para-hydroxylation sites is 1. The highest BCUT2D eigenvalue weighted by Gasteiger charge is 2.21. The third kappa shape index (κ3) is 3.42. The van der Waals surface area contributed by atoms with Crippen LogP contribution in [-0.2, 0) is 19.7 Å². The summed E-state index contributed by atoms with van der Waals surface area (Å²) in [5, 5.41) is 3.39. The lowest BCUT2D eigenvalue weighted by molar-refractivity contribution is 0.272. The second-order valence-electron chi connectivity index (χ2n) is 5.30. The van der Waals surface area contributed by atoms with E-state index in [9.17, 15) is 4.39 Å². The van der Waals surface area contributed by atoms with Gasteiger partial charge in [0.15, 0.2) is 11.6 Å². The van der Waals surface area contributed by atoms with Gasteiger partial charge in [0.25, 0.3) is 0 Å². The zero-order valence-corrected chi connectivity index (χ0v) is 12.2. The minimum absolute atomic E-state index is 0.276. The van der Waals surface area contributed by atoms with Crippen molar-refractivity contribution in [1.82, 2.24) is 14.9 Å². The quantitative estimate of drug-likeness (QED) is 0.852. The van der Waals surface area contributed by atoms with Gasteiger partial charge in [-0.2, -0.15) is 0 Å². The fraction of sp³-hybridized carbons (Fsp3) is 0.438. The topological polar surface area (TPSA) is 39.1 Å². The highest BCUT2D eigenvalue weighted by molar-refractivity contribution is 5.35. The van der Waals surface area contributed by atoms with E-state index in [0.29, 0.717) is 18.3 Å². The first-order chi connectivity index (χ1) is 10.3. The fourth-order valence-corrected chi connectivity index (χ4v) is 2.30. The van der Waals surface area contributed by atoms with E-state index in [2.05, 4.69) is 10.3 Å². The maximum atomic E-state index is 14.0. The number of benzene rings is 1. The highest BCUT2D eigenvalue weighted by Crippen LogP contribution is 2.25. The Morgan fingerprint density at radius 2 is 2.29 bits per heavy atom. The van der Waals surface area contributed by atoms with Crippen LogP contribution in [0.5, 0.6) is 5.75 Å². The van der Waals surface area contributed by atoms with E-state index in [1.165, 1.54) is 18.9 Å². The molecule has 1 fully saturated rings. The van der Waals surface area contributed by atoms with Crippen molar-refractivity contribution in [3.8, 4) is 5.75 Å². The van der Waals surface area contributed by atoms with Crippen molar-refractivity contribution in [3.05, 3.63) is 47.8 Å². The molecule has 0 spiro atoms. The molecule has 0 bridgehead atoms. The Labute approximate surface area is 124 Å². The molecule has 0 radical (unpaired) electrons. The number of rotatable bonds is 7. The van der Waals surface area contributed by atoms with Crippen LogP contribution in [0.2, 0.25) is 0 Å². The van der Waals surface area contributed by atoms with Crippen molar-refractivity contribution in [2.24, 2.45) is 0 Å². The van der Waals surface area contributed by atoms with E-state index in [4.69, 9.17) is 4.74 Å². The van der Waals surface area contributed by atoms with E-state index in [0.717, 1.165) is 17.9 Å². The fourth-order valence-electron chi connectivity index (χ4n) is 2.30. The molecule has 2 aromatic rings. The summed E-state index contributed by atoms with van der Waals surface area (Å²) < 4.78 is 21.7. The lowest BCUT2D eigenvalue weighted by Gasteiger charge is -2.13. The van der Waals surface area contributed by atoms with Crippen LogP contribution in [0.15, 0.2) is 30.6 Å². The van der Waals surface area contributed by atoms with Gasteiger partial charge in [-0.15, -0.1) is 0 Å². The molecule has 1 heterocycles. The van der Waals surface area contributed by atoms with Crippen molar-refractivity contribution in [1.29, 1.82) is 0 Å². The number of imidazole rings is 1. The molecule has 3 rings (SSSR count). The zero-order chi connectivity index (χ0) is 14.7. The van der Waals surface area contributed by atoms with Crippen LogP contribution in [0, 0.1) is 5.82 Å². The molecule has 0 aliphatic heterocycles. The summed E-state index contributed by atoms with van der Waals surface area (Å²) in [7, 11) is 0. The van der Waals surface area contributed by atoms with Crippen LogP contribution in [0.1, 0.15) is 31.2 Å². The molecule has 1 aliphatic rings. The third-order valence-corrected chi connectivity index (χ3v) is 3.70. The van der Waals surface area contributed by atoms with Crippen molar-refractivity contribution < 1.29 is 9.13 Å². The predicted molar refractivity (Wildman–Crippen MR) is 78.5 cm³/mol. The van der Waals surface area contributed by atoms with Crippen molar-refractivity contribution in [2.45, 2.75) is 45.5 Å². The van der Waals surface area contributed by atoms with Gasteiger partial charge in [-0.3, -0.25) is 0 Å². The molecule has 1 aromatic heterocycles. The van der Waals surface area contributed by atoms with E-state index >= 15 is 0 Å². The van der Waals surface area contributed by atoms with Gasteiger partial charge in [0.1, 0.15) is 12.4 Å². The number of aromatic nitrogens is 2. The largest absolute Gasteiger partial charge is 0.482 e. The van der Waals surface area contributed by atoms with Gasteiger partial charge >= 0.3 is 0 Å². The van der Waals surface area contributed by atoms with Gasteiger partial charge in [0.2, 0.25) is 0 Å². The molecule has 0 unspecified atom stereocenters. The Morgan fingerprint density at radius 3 is 3.05 bits per heavy atom. The van der Waals surface area contributed by atoms with Crippen LogP contribution in [0.4, 0.5) is 4.39 Å². The molecular formula is C16H20FN3O. The van der Waals surface area contributed by atoms with Crippen molar-refractivity contribution in [2.75, 3.05) is 0 Å². The average molecular weight is 289 g/mol. The molecule has 0 amide bonds. The molecule has 1 saturated carbocycles. The van der Waals surface area contributed by atoms with Crippen LogP contribution in [-0.4, -0.2) is 15.6 Å². The highest BCUT2D eigenvalue weighted by atomic mass is 19.1. The standard InChI is InChI=1S/C16H20FN3O/c1-2-20-9-8-18-15(20)11-21-16-12(4-3-5-14(16)17)10-19-13-6-7-13/h3-5,8-9,13,19H,2,6-7,10-11H2,1H3. The van der Waals surface area contributed by atoms with E-state index in [1.54, 1.807) is 12.3 Å². The van der Waals surface area contributed by atoms with Gasteiger partial charge in [0, 0.05) is 37.1 Å². The first-order valence-electron chi connectivity index (χ1n) is 7.41. The number of hydrogen-bond acceptors (Lipinski definition) is 3. The molecule has 1 aromatic carbocycles. The number of hydrogen-bond donors (Lipinski definition) is 1. The maximum Gasteiger partial charge on any atom is 0.165 e. The molecule has 1 N–H and O–H groups in total. The normalized spacial score (nSPS) is 14.4. The smallest absolute Gasteiger partial charge is 0.165 e. The summed E-state index contributed by atoms with van der Waals surface area (Å²) in [6.45, 7) is 3.78. The molecule has 112 valence electrons. The second kappa shape index (κ2) is 6.26. The molecule has 4 nitrogen and oxygen atoms in total. The monoisotopic (exact) mass is 289 g/mol. The van der Waals surface area contributed by atoms with E-state index < -0.39 is 0 Å². The lowest BCUT2D eigenvalue weighted by Crippen LogP contribution is -2.16. The molecule has 5 heteroatoms. The summed E-state index contributed by atoms with van der Waals surface area (Å²) in [4.78, 5) is 4.25. The first-order valence-corrected chi connectivity index (χ1v) is 7.41. The Hall–Kier alpha value is -1.88. The van der Waals surface area contributed by atoms with Crippen molar-refractivity contribution in [3.63, 3.8) is 0 Å². The van der Waals surface area contributed by atoms with Crippen LogP contribution in [0.25, 0.3) is 0 Å². The molecular weight excluding hydrogens is 269 g/mol. The SMILES string of the molecule is CCn1ccnc1COc1c(F)cccc1CNC1CC1. The third-order valence-electron chi connectivity index (χ3n) is 3.70.